The van der Waals surface area contributed by atoms with Gasteiger partial charge in [-0.3, -0.25) is 4.90 Å². The number of hydrogen-bond acceptors (Lipinski definition) is 2. The minimum absolute atomic E-state index is 0.0567. The molecule has 3 aromatic rings. The molecule has 1 saturated heterocycles. The number of benzene rings is 2. The van der Waals surface area contributed by atoms with Crippen molar-refractivity contribution in [2.75, 3.05) is 13.1 Å². The van der Waals surface area contributed by atoms with Gasteiger partial charge in [0, 0.05) is 41.0 Å². The van der Waals surface area contributed by atoms with Crippen LogP contribution in [0.2, 0.25) is 5.02 Å². The van der Waals surface area contributed by atoms with Crippen LogP contribution in [-0.4, -0.2) is 35.3 Å². The van der Waals surface area contributed by atoms with E-state index in [1.807, 2.05) is 24.4 Å². The maximum absolute atomic E-state index is 12.4. The molecule has 0 radical (unpaired) electrons. The minimum Gasteiger partial charge on any atom is -0.361 e. The highest BCUT2D eigenvalue weighted by molar-refractivity contribution is 6.35. The van der Waals surface area contributed by atoms with Crippen molar-refractivity contribution in [3.05, 3.63) is 70.9 Å². The molecule has 1 aromatic heterocycles. The van der Waals surface area contributed by atoms with E-state index in [-0.39, 0.29) is 17.3 Å². The van der Waals surface area contributed by atoms with Gasteiger partial charge in [-0.2, -0.15) is 0 Å². The largest absolute Gasteiger partial charge is 0.361 e. The molecule has 2 aliphatic rings. The van der Waals surface area contributed by atoms with E-state index in [9.17, 15) is 4.79 Å². The van der Waals surface area contributed by atoms with Crippen LogP contribution >= 0.6 is 11.6 Å². The van der Waals surface area contributed by atoms with Crippen LogP contribution in [0.3, 0.4) is 0 Å². The lowest BCUT2D eigenvalue weighted by Crippen LogP contribution is -2.57. The van der Waals surface area contributed by atoms with Crippen LogP contribution in [0.5, 0.6) is 0 Å². The van der Waals surface area contributed by atoms with Crippen LogP contribution in [-0.2, 0) is 10.2 Å². The van der Waals surface area contributed by atoms with E-state index >= 15 is 0 Å². The quantitative estimate of drug-likeness (QED) is 0.425. The van der Waals surface area contributed by atoms with Gasteiger partial charge in [0.2, 0.25) is 0 Å². The maximum Gasteiger partial charge on any atom is 0.124 e. The van der Waals surface area contributed by atoms with Crippen molar-refractivity contribution in [2.24, 2.45) is 5.92 Å². The Hall–Kier alpha value is -2.10. The molecule has 2 heterocycles. The second-order valence-corrected chi connectivity index (χ2v) is 10.3. The zero-order valence-corrected chi connectivity index (χ0v) is 19.7. The number of halogens is 1. The fourth-order valence-electron chi connectivity index (χ4n) is 6.61. The second kappa shape index (κ2) is 9.03. The van der Waals surface area contributed by atoms with E-state index in [2.05, 4.69) is 47.1 Å². The number of likely N-dealkylation sites (tertiary alicyclic amines) is 1. The molecule has 1 aliphatic heterocycles. The molecule has 4 unspecified atom stereocenters. The second-order valence-electron chi connectivity index (χ2n) is 9.88. The number of carbonyl (C=O) groups is 1. The van der Waals surface area contributed by atoms with Gasteiger partial charge in [0.15, 0.2) is 0 Å². The maximum atomic E-state index is 12.4. The number of rotatable bonds is 6. The molecule has 4 atom stereocenters. The molecule has 2 aromatic carbocycles. The number of fused-ring (bicyclic) bond motifs is 2. The molecule has 168 valence electrons. The number of nitrogens with zero attached hydrogens (tertiary/aromatic N) is 1. The fraction of sp³-hybridized carbons (Fsp3) is 0.464. The van der Waals surface area contributed by atoms with Gasteiger partial charge >= 0.3 is 0 Å². The monoisotopic (exact) mass is 448 g/mol. The third-order valence-corrected chi connectivity index (χ3v) is 8.60. The van der Waals surface area contributed by atoms with Crippen molar-refractivity contribution in [2.45, 2.75) is 62.8 Å². The Balaban J connectivity index is 1.43. The number of carbonyl (C=O) groups excluding carboxylic acids is 1. The van der Waals surface area contributed by atoms with Crippen molar-refractivity contribution in [3.63, 3.8) is 0 Å². The van der Waals surface area contributed by atoms with Gasteiger partial charge in [-0.1, -0.05) is 67.8 Å². The predicted octanol–water partition coefficient (Wildman–Crippen LogP) is 6.72. The summed E-state index contributed by atoms with van der Waals surface area (Å²) in [4.78, 5) is 18.4. The van der Waals surface area contributed by atoms with Gasteiger partial charge < -0.3 is 9.78 Å². The zero-order chi connectivity index (χ0) is 22.1. The van der Waals surface area contributed by atoms with Crippen LogP contribution in [0.1, 0.15) is 62.5 Å². The lowest BCUT2D eigenvalue weighted by molar-refractivity contribution is -0.113. The normalized spacial score (nSPS) is 25.9. The summed E-state index contributed by atoms with van der Waals surface area (Å²) in [6.07, 6.45) is 10.8. The molecule has 0 amide bonds. The summed E-state index contributed by atoms with van der Waals surface area (Å²) in [5.41, 5.74) is 3.92. The molecule has 0 bridgehead atoms. The summed E-state index contributed by atoms with van der Waals surface area (Å²) in [6.45, 7) is 4.09. The standard InChI is InChI=1S/C28H33ClN2O/c1-20(23-17-30-25-12-7-11-24(29)27(23)25)21(19-32)18-31-16-8-15-28(14-6-5-13-26(28)31)22-9-3-2-4-10-22/h2-4,7,9-12,17,19-21,26,30H,5-6,8,13-16,18H2,1H3. The predicted molar refractivity (Wildman–Crippen MR) is 132 cm³/mol. The Bertz CT molecular complexity index is 1070. The van der Waals surface area contributed by atoms with Crippen molar-refractivity contribution in [1.82, 2.24) is 9.88 Å². The third-order valence-electron chi connectivity index (χ3n) is 8.28. The van der Waals surface area contributed by atoms with E-state index < -0.39 is 0 Å². The Morgan fingerprint density at radius 1 is 1.12 bits per heavy atom. The molecule has 1 aliphatic carbocycles. The number of aromatic nitrogens is 1. The zero-order valence-electron chi connectivity index (χ0n) is 18.9. The molecular formula is C28H33ClN2O. The molecule has 2 fully saturated rings. The Labute approximate surface area is 196 Å². The van der Waals surface area contributed by atoms with Gasteiger partial charge in [0.25, 0.3) is 0 Å². The van der Waals surface area contributed by atoms with Crippen molar-refractivity contribution >= 4 is 28.8 Å². The number of piperidine rings is 1. The summed E-state index contributed by atoms with van der Waals surface area (Å²) >= 11 is 6.55. The third kappa shape index (κ3) is 3.70. The van der Waals surface area contributed by atoms with E-state index in [4.69, 9.17) is 11.6 Å². The van der Waals surface area contributed by atoms with E-state index in [0.717, 1.165) is 34.6 Å². The molecule has 4 heteroatoms. The highest BCUT2D eigenvalue weighted by Gasteiger charge is 2.47. The number of nitrogens with one attached hydrogen (secondary N) is 1. The van der Waals surface area contributed by atoms with Crippen molar-refractivity contribution < 1.29 is 4.79 Å². The number of aldehydes is 1. The smallest absolute Gasteiger partial charge is 0.124 e. The van der Waals surface area contributed by atoms with Crippen molar-refractivity contribution in [3.8, 4) is 0 Å². The first-order valence-electron chi connectivity index (χ1n) is 12.1. The lowest BCUT2D eigenvalue weighted by atomic mass is 9.61. The topological polar surface area (TPSA) is 36.1 Å². The summed E-state index contributed by atoms with van der Waals surface area (Å²) < 4.78 is 0. The Morgan fingerprint density at radius 3 is 2.75 bits per heavy atom. The van der Waals surface area contributed by atoms with Crippen molar-refractivity contribution in [1.29, 1.82) is 0 Å². The molecule has 32 heavy (non-hydrogen) atoms. The summed E-state index contributed by atoms with van der Waals surface area (Å²) in [7, 11) is 0. The lowest BCUT2D eigenvalue weighted by Gasteiger charge is -2.54. The van der Waals surface area contributed by atoms with Crippen LogP contribution in [0, 0.1) is 5.92 Å². The van der Waals surface area contributed by atoms with E-state index in [1.165, 1.54) is 50.4 Å². The van der Waals surface area contributed by atoms with E-state index in [1.54, 1.807) is 0 Å². The van der Waals surface area contributed by atoms with Crippen LogP contribution < -0.4 is 0 Å². The first-order chi connectivity index (χ1) is 15.6. The van der Waals surface area contributed by atoms with Gasteiger partial charge in [-0.15, -0.1) is 0 Å². The molecule has 0 spiro atoms. The van der Waals surface area contributed by atoms with Gasteiger partial charge in [-0.05, 0) is 61.4 Å². The first-order valence-corrected chi connectivity index (χ1v) is 12.5. The highest BCUT2D eigenvalue weighted by atomic mass is 35.5. The molecular weight excluding hydrogens is 416 g/mol. The van der Waals surface area contributed by atoms with Crippen LogP contribution in [0.25, 0.3) is 10.9 Å². The first kappa shape index (κ1) is 21.7. The highest BCUT2D eigenvalue weighted by Crippen LogP contribution is 2.48. The number of aromatic amines is 1. The van der Waals surface area contributed by atoms with Crippen LogP contribution in [0.15, 0.2) is 54.7 Å². The van der Waals surface area contributed by atoms with Gasteiger partial charge in [-0.25, -0.2) is 0 Å². The van der Waals surface area contributed by atoms with Gasteiger partial charge in [0.05, 0.1) is 5.02 Å². The van der Waals surface area contributed by atoms with Gasteiger partial charge in [0.1, 0.15) is 6.29 Å². The SMILES string of the molecule is CC(c1c[nH]c2cccc(Cl)c12)C(C=O)CN1CCCC2(c3ccccc3)CCCCC12. The summed E-state index contributed by atoms with van der Waals surface area (Å²) in [5.74, 6) is 0.0524. The molecule has 3 nitrogen and oxygen atoms in total. The Morgan fingerprint density at radius 2 is 1.94 bits per heavy atom. The molecule has 5 rings (SSSR count). The summed E-state index contributed by atoms with van der Waals surface area (Å²) in [6, 6.07) is 17.6. The average Bonchev–Trinajstić information content (AvgIpc) is 3.28. The minimum atomic E-state index is -0.0567. The van der Waals surface area contributed by atoms with E-state index in [0.29, 0.717) is 6.04 Å². The molecule has 1 saturated carbocycles. The molecule has 1 N–H and O–H groups in total. The Kier molecular flexibility index (Phi) is 6.14. The number of H-pyrrole nitrogens is 1. The number of hydrogen-bond donors (Lipinski definition) is 1. The summed E-state index contributed by atoms with van der Waals surface area (Å²) in [5, 5.41) is 1.81. The van der Waals surface area contributed by atoms with Crippen LogP contribution in [0.4, 0.5) is 0 Å². The fourth-order valence-corrected chi connectivity index (χ4v) is 6.90. The average molecular weight is 449 g/mol.